The minimum Gasteiger partial charge on any atom is -0.478 e. The molecule has 3 rings (SSSR count). The molecule has 21 heavy (non-hydrogen) atoms. The minimum absolute atomic E-state index is 0.138. The van der Waals surface area contributed by atoms with E-state index in [0.717, 1.165) is 21.5 Å². The van der Waals surface area contributed by atoms with E-state index in [0.29, 0.717) is 10.8 Å². The Balaban J connectivity index is 2.18. The molecule has 0 saturated carbocycles. The molecule has 106 valence electrons. The van der Waals surface area contributed by atoms with Gasteiger partial charge in [0.15, 0.2) is 5.13 Å². The Morgan fingerprint density at radius 2 is 2.05 bits per heavy atom. The molecule has 3 aromatic rings. The van der Waals surface area contributed by atoms with Crippen molar-refractivity contribution < 1.29 is 9.90 Å². The van der Waals surface area contributed by atoms with Crippen molar-refractivity contribution in [2.75, 3.05) is 5.32 Å². The number of carboxylic acids is 1. The first kappa shape index (κ1) is 13.5. The molecule has 0 aliphatic rings. The van der Waals surface area contributed by atoms with E-state index in [1.807, 2.05) is 38.1 Å². The number of hydrogen-bond donors (Lipinski definition) is 2. The summed E-state index contributed by atoms with van der Waals surface area (Å²) in [6.07, 6.45) is 1.38. The highest BCUT2D eigenvalue weighted by atomic mass is 32.1. The predicted octanol–water partition coefficient (Wildman–Crippen LogP) is 3.75. The van der Waals surface area contributed by atoms with Crippen LogP contribution in [0, 0.1) is 13.8 Å². The first-order valence-electron chi connectivity index (χ1n) is 6.38. The number of anilines is 2. The normalized spacial score (nSPS) is 10.8. The minimum atomic E-state index is -1.01. The first-order chi connectivity index (χ1) is 10.1. The number of pyridine rings is 1. The molecule has 2 N–H and O–H groups in total. The highest BCUT2D eigenvalue weighted by Gasteiger charge is 2.16. The van der Waals surface area contributed by atoms with Crippen LogP contribution in [0.3, 0.4) is 0 Å². The molecular weight excluding hydrogens is 286 g/mol. The van der Waals surface area contributed by atoms with Crippen LogP contribution in [-0.4, -0.2) is 21.0 Å². The van der Waals surface area contributed by atoms with Gasteiger partial charge in [-0.25, -0.2) is 9.78 Å². The van der Waals surface area contributed by atoms with Crippen molar-refractivity contribution in [2.45, 2.75) is 13.8 Å². The molecule has 0 fully saturated rings. The van der Waals surface area contributed by atoms with Gasteiger partial charge in [-0.05, 0) is 19.9 Å². The summed E-state index contributed by atoms with van der Waals surface area (Å²) in [4.78, 5) is 21.1. The highest BCUT2D eigenvalue weighted by molar-refractivity contribution is 7.15. The quantitative estimate of drug-likeness (QED) is 0.770. The Bertz CT molecular complexity index is 823. The number of carbonyl (C=O) groups is 1. The van der Waals surface area contributed by atoms with Crippen molar-refractivity contribution >= 4 is 39.0 Å². The second-order valence-corrected chi connectivity index (χ2v) is 5.86. The standard InChI is InChI=1S/C15H13N3O2S/c1-8-9(2)21-15(17-8)18-13-10-5-3-4-6-12(10)16-7-11(13)14(19)20/h3-7H,1-2H3,(H,19,20)(H,16,17,18). The van der Waals surface area contributed by atoms with Gasteiger partial charge < -0.3 is 10.4 Å². The molecule has 5 nitrogen and oxygen atoms in total. The van der Waals surface area contributed by atoms with Crippen LogP contribution in [0.25, 0.3) is 10.9 Å². The number of rotatable bonds is 3. The molecule has 6 heteroatoms. The zero-order valence-corrected chi connectivity index (χ0v) is 12.4. The van der Waals surface area contributed by atoms with Crippen molar-refractivity contribution in [1.29, 1.82) is 0 Å². The zero-order chi connectivity index (χ0) is 15.0. The predicted molar refractivity (Wildman–Crippen MR) is 83.6 cm³/mol. The molecule has 1 aromatic carbocycles. The third-order valence-corrected chi connectivity index (χ3v) is 4.25. The molecule has 0 amide bonds. The second kappa shape index (κ2) is 5.14. The van der Waals surface area contributed by atoms with Crippen molar-refractivity contribution in [3.63, 3.8) is 0 Å². The van der Waals surface area contributed by atoms with Crippen LogP contribution in [0.2, 0.25) is 0 Å². The average Bonchev–Trinajstić information content (AvgIpc) is 2.77. The first-order valence-corrected chi connectivity index (χ1v) is 7.20. The summed E-state index contributed by atoms with van der Waals surface area (Å²) in [6.45, 7) is 3.92. The fraction of sp³-hybridized carbons (Fsp3) is 0.133. The Hall–Kier alpha value is -2.47. The van der Waals surface area contributed by atoms with Crippen molar-refractivity contribution in [1.82, 2.24) is 9.97 Å². The highest BCUT2D eigenvalue weighted by Crippen LogP contribution is 2.31. The fourth-order valence-electron chi connectivity index (χ4n) is 2.07. The summed E-state index contributed by atoms with van der Waals surface area (Å²) < 4.78 is 0. The summed E-state index contributed by atoms with van der Waals surface area (Å²) >= 11 is 1.50. The lowest BCUT2D eigenvalue weighted by molar-refractivity contribution is 0.0697. The Morgan fingerprint density at radius 3 is 2.71 bits per heavy atom. The molecule has 0 aliphatic carbocycles. The number of aromatic nitrogens is 2. The molecule has 0 unspecified atom stereocenters. The van der Waals surface area contributed by atoms with Crippen molar-refractivity contribution in [3.05, 3.63) is 46.6 Å². The molecular formula is C15H13N3O2S. The van der Waals surface area contributed by atoms with E-state index in [2.05, 4.69) is 15.3 Å². The monoisotopic (exact) mass is 299 g/mol. The van der Waals surface area contributed by atoms with Gasteiger partial charge in [0, 0.05) is 16.5 Å². The SMILES string of the molecule is Cc1nc(Nc2c(C(=O)O)cnc3ccccc23)sc1C. The Kier molecular flexibility index (Phi) is 3.31. The van der Waals surface area contributed by atoms with Crippen LogP contribution in [0.1, 0.15) is 20.9 Å². The van der Waals surface area contributed by atoms with Gasteiger partial charge >= 0.3 is 5.97 Å². The maximum Gasteiger partial charge on any atom is 0.339 e. The van der Waals surface area contributed by atoms with Gasteiger partial charge in [0.1, 0.15) is 5.56 Å². The summed E-state index contributed by atoms with van der Waals surface area (Å²) in [6, 6.07) is 7.44. The lowest BCUT2D eigenvalue weighted by atomic mass is 10.1. The molecule has 0 aliphatic heterocycles. The number of thiazole rings is 1. The number of nitrogens with zero attached hydrogens (tertiary/aromatic N) is 2. The Morgan fingerprint density at radius 1 is 1.29 bits per heavy atom. The number of para-hydroxylation sites is 1. The third-order valence-electron chi connectivity index (χ3n) is 3.27. The maximum atomic E-state index is 11.4. The van der Waals surface area contributed by atoms with Gasteiger partial charge in [0.05, 0.1) is 16.9 Å². The number of carboxylic acid groups (broad SMARTS) is 1. The van der Waals surface area contributed by atoms with E-state index in [9.17, 15) is 9.90 Å². The van der Waals surface area contributed by atoms with Gasteiger partial charge in [-0.1, -0.05) is 18.2 Å². The van der Waals surface area contributed by atoms with Gasteiger partial charge in [-0.3, -0.25) is 4.98 Å². The fourth-order valence-corrected chi connectivity index (χ4v) is 2.89. The smallest absolute Gasteiger partial charge is 0.339 e. The maximum absolute atomic E-state index is 11.4. The second-order valence-electron chi connectivity index (χ2n) is 4.65. The molecule has 0 atom stereocenters. The number of aromatic carboxylic acids is 1. The van der Waals surface area contributed by atoms with Gasteiger partial charge in [0.2, 0.25) is 0 Å². The number of aryl methyl sites for hydroxylation is 2. The van der Waals surface area contributed by atoms with Crippen molar-refractivity contribution in [3.8, 4) is 0 Å². The van der Waals surface area contributed by atoms with Crippen LogP contribution < -0.4 is 5.32 Å². The molecule has 2 heterocycles. The number of nitrogens with one attached hydrogen (secondary N) is 1. The summed E-state index contributed by atoms with van der Waals surface area (Å²) in [5.74, 6) is -1.01. The van der Waals surface area contributed by atoms with Crippen molar-refractivity contribution in [2.24, 2.45) is 0 Å². The van der Waals surface area contributed by atoms with Crippen LogP contribution in [0.4, 0.5) is 10.8 Å². The topological polar surface area (TPSA) is 75.1 Å². The van der Waals surface area contributed by atoms with E-state index in [-0.39, 0.29) is 5.56 Å². The van der Waals surface area contributed by atoms with E-state index in [1.54, 1.807) is 0 Å². The molecule has 0 bridgehead atoms. The van der Waals surface area contributed by atoms with Crippen LogP contribution in [0.15, 0.2) is 30.5 Å². The lowest BCUT2D eigenvalue weighted by Gasteiger charge is -2.10. The summed E-state index contributed by atoms with van der Waals surface area (Å²) in [5, 5.41) is 14.0. The van der Waals surface area contributed by atoms with E-state index < -0.39 is 5.97 Å². The van der Waals surface area contributed by atoms with E-state index >= 15 is 0 Å². The molecule has 0 saturated heterocycles. The van der Waals surface area contributed by atoms with Crippen LogP contribution in [0.5, 0.6) is 0 Å². The van der Waals surface area contributed by atoms with E-state index in [1.165, 1.54) is 17.5 Å². The number of fused-ring (bicyclic) bond motifs is 1. The summed E-state index contributed by atoms with van der Waals surface area (Å²) in [7, 11) is 0. The average molecular weight is 299 g/mol. The molecule has 0 radical (unpaired) electrons. The zero-order valence-electron chi connectivity index (χ0n) is 11.5. The number of hydrogen-bond acceptors (Lipinski definition) is 5. The largest absolute Gasteiger partial charge is 0.478 e. The van der Waals surface area contributed by atoms with Crippen LogP contribution >= 0.6 is 11.3 Å². The van der Waals surface area contributed by atoms with Gasteiger partial charge in [0.25, 0.3) is 0 Å². The molecule has 0 spiro atoms. The summed E-state index contributed by atoms with van der Waals surface area (Å²) in [5.41, 5.74) is 2.36. The van der Waals surface area contributed by atoms with Gasteiger partial charge in [-0.15, -0.1) is 11.3 Å². The van der Waals surface area contributed by atoms with E-state index in [4.69, 9.17) is 0 Å². The Labute approximate surface area is 125 Å². The third kappa shape index (κ3) is 2.45. The van der Waals surface area contributed by atoms with Crippen LogP contribution in [-0.2, 0) is 0 Å². The lowest BCUT2D eigenvalue weighted by Crippen LogP contribution is -2.04. The van der Waals surface area contributed by atoms with Gasteiger partial charge in [-0.2, -0.15) is 0 Å². The molecule has 2 aromatic heterocycles. The number of benzene rings is 1.